The minimum Gasteiger partial charge on any atom is -0.494 e. The number of halogens is 1. The predicted molar refractivity (Wildman–Crippen MR) is 117 cm³/mol. The number of nitrogens with one attached hydrogen (secondary N) is 2. The average molecular weight is 487 g/mol. The zero-order valence-corrected chi connectivity index (χ0v) is 18.9. The fourth-order valence-electron chi connectivity index (χ4n) is 2.38. The highest BCUT2D eigenvalue weighted by Gasteiger charge is 2.25. The molecule has 0 radical (unpaired) electrons. The zero-order chi connectivity index (χ0) is 20.6. The van der Waals surface area contributed by atoms with Gasteiger partial charge in [0.15, 0.2) is 0 Å². The van der Waals surface area contributed by atoms with Gasteiger partial charge in [0.25, 0.3) is 0 Å². The quantitative estimate of drug-likeness (QED) is 0.532. The second-order valence-electron chi connectivity index (χ2n) is 5.86. The Bertz CT molecular complexity index is 872. The number of hydrogen-bond acceptors (Lipinski definition) is 5. The van der Waals surface area contributed by atoms with Crippen molar-refractivity contribution in [2.24, 2.45) is 0 Å². The van der Waals surface area contributed by atoms with Gasteiger partial charge in [-0.25, -0.2) is 8.42 Å². The molecule has 0 saturated carbocycles. The molecule has 1 unspecified atom stereocenters. The van der Waals surface area contributed by atoms with Crippen LogP contribution in [0.2, 0.25) is 0 Å². The minimum absolute atomic E-state index is 0.110. The lowest BCUT2D eigenvalue weighted by Gasteiger charge is -2.18. The van der Waals surface area contributed by atoms with E-state index in [2.05, 4.69) is 26.0 Å². The lowest BCUT2D eigenvalue weighted by Crippen LogP contribution is -2.44. The summed E-state index contributed by atoms with van der Waals surface area (Å²) in [4.78, 5) is 12.8. The molecule has 0 spiro atoms. The van der Waals surface area contributed by atoms with Gasteiger partial charge in [-0.1, -0.05) is 15.9 Å². The number of anilines is 1. The molecule has 0 heterocycles. The molecule has 2 aromatic carbocycles. The predicted octanol–water partition coefficient (Wildman–Crippen LogP) is 3.89. The van der Waals surface area contributed by atoms with Crippen molar-refractivity contribution < 1.29 is 17.9 Å². The van der Waals surface area contributed by atoms with E-state index < -0.39 is 22.0 Å². The Morgan fingerprint density at radius 1 is 1.14 bits per heavy atom. The van der Waals surface area contributed by atoms with Crippen molar-refractivity contribution in [3.63, 3.8) is 0 Å². The van der Waals surface area contributed by atoms with E-state index in [9.17, 15) is 13.2 Å². The van der Waals surface area contributed by atoms with E-state index in [0.717, 1.165) is 4.47 Å². The summed E-state index contributed by atoms with van der Waals surface area (Å²) in [6.45, 7) is 2.45. The first kappa shape index (κ1) is 22.7. The molecule has 2 rings (SSSR count). The van der Waals surface area contributed by atoms with Gasteiger partial charge in [-0.2, -0.15) is 16.5 Å². The summed E-state index contributed by atoms with van der Waals surface area (Å²) in [6.07, 6.45) is 2.28. The van der Waals surface area contributed by atoms with Crippen LogP contribution in [0.3, 0.4) is 0 Å². The smallest absolute Gasteiger partial charge is 0.242 e. The second-order valence-corrected chi connectivity index (χ2v) is 9.47. The van der Waals surface area contributed by atoms with Crippen molar-refractivity contribution in [3.05, 3.63) is 53.0 Å². The van der Waals surface area contributed by atoms with Gasteiger partial charge in [0.2, 0.25) is 15.9 Å². The van der Waals surface area contributed by atoms with Gasteiger partial charge in [-0.05, 0) is 73.9 Å². The highest BCUT2D eigenvalue weighted by molar-refractivity contribution is 9.10. The molecule has 152 valence electrons. The molecule has 2 aromatic rings. The van der Waals surface area contributed by atoms with E-state index in [1.54, 1.807) is 48.2 Å². The number of benzene rings is 2. The van der Waals surface area contributed by atoms with Crippen molar-refractivity contribution in [3.8, 4) is 5.75 Å². The van der Waals surface area contributed by atoms with E-state index >= 15 is 0 Å². The Labute approximate surface area is 178 Å². The van der Waals surface area contributed by atoms with Crippen LogP contribution < -0.4 is 14.8 Å². The number of rotatable bonds is 10. The molecule has 0 saturated heterocycles. The van der Waals surface area contributed by atoms with Gasteiger partial charge >= 0.3 is 0 Å². The molecule has 0 bridgehead atoms. The largest absolute Gasteiger partial charge is 0.494 e. The molecule has 0 aliphatic heterocycles. The molecule has 28 heavy (non-hydrogen) atoms. The first-order valence-electron chi connectivity index (χ1n) is 8.66. The van der Waals surface area contributed by atoms with Crippen LogP contribution in [0.4, 0.5) is 5.69 Å². The highest BCUT2D eigenvalue weighted by atomic mass is 79.9. The molecule has 0 fully saturated rings. The van der Waals surface area contributed by atoms with Crippen LogP contribution in [-0.4, -0.2) is 39.0 Å². The Hall–Kier alpha value is -1.55. The maximum absolute atomic E-state index is 12.7. The van der Waals surface area contributed by atoms with E-state index in [1.165, 1.54) is 12.1 Å². The number of ether oxygens (including phenoxy) is 1. The lowest BCUT2D eigenvalue weighted by molar-refractivity contribution is -0.117. The summed E-state index contributed by atoms with van der Waals surface area (Å²) in [5.74, 6) is 0.943. The van der Waals surface area contributed by atoms with Crippen molar-refractivity contribution in [2.75, 3.05) is 23.9 Å². The molecule has 1 amide bonds. The summed E-state index contributed by atoms with van der Waals surface area (Å²) in [5, 5.41) is 2.77. The summed E-state index contributed by atoms with van der Waals surface area (Å²) >= 11 is 4.83. The standard InChI is InChI=1S/C19H23BrN2O4S2/c1-3-26-16-8-6-15(7-9-16)21-19(23)18(12-13-27-2)22-28(24,25)17-10-4-14(20)5-11-17/h4-11,18,22H,3,12-13H2,1-2H3,(H,21,23). The SMILES string of the molecule is CCOc1ccc(NC(=O)C(CCSC)NS(=O)(=O)c2ccc(Br)cc2)cc1. The van der Waals surface area contributed by atoms with Gasteiger partial charge in [-0.15, -0.1) is 0 Å². The Morgan fingerprint density at radius 2 is 1.79 bits per heavy atom. The first-order chi connectivity index (χ1) is 13.4. The Balaban J connectivity index is 2.12. The number of hydrogen-bond donors (Lipinski definition) is 2. The average Bonchev–Trinajstić information content (AvgIpc) is 2.67. The number of carbonyl (C=O) groups is 1. The van der Waals surface area contributed by atoms with Gasteiger partial charge in [0.05, 0.1) is 11.5 Å². The molecule has 6 nitrogen and oxygen atoms in total. The molecular weight excluding hydrogens is 464 g/mol. The Kier molecular flexibility index (Phi) is 8.81. The van der Waals surface area contributed by atoms with Crippen molar-refractivity contribution in [1.82, 2.24) is 4.72 Å². The third kappa shape index (κ3) is 6.80. The topological polar surface area (TPSA) is 84.5 Å². The van der Waals surface area contributed by atoms with Gasteiger partial charge in [0, 0.05) is 10.2 Å². The monoisotopic (exact) mass is 486 g/mol. The summed E-state index contributed by atoms with van der Waals surface area (Å²) in [6, 6.07) is 12.3. The number of sulfonamides is 1. The van der Waals surface area contributed by atoms with Crippen LogP contribution in [0.25, 0.3) is 0 Å². The van der Waals surface area contributed by atoms with Crippen LogP contribution in [0.1, 0.15) is 13.3 Å². The molecule has 2 N–H and O–H groups in total. The summed E-state index contributed by atoms with van der Waals surface area (Å²) in [7, 11) is -3.82. The maximum atomic E-state index is 12.7. The Morgan fingerprint density at radius 3 is 2.36 bits per heavy atom. The van der Waals surface area contributed by atoms with Crippen LogP contribution in [0.15, 0.2) is 57.9 Å². The highest BCUT2D eigenvalue weighted by Crippen LogP contribution is 2.18. The molecule has 1 atom stereocenters. The lowest BCUT2D eigenvalue weighted by atomic mass is 10.2. The normalized spacial score (nSPS) is 12.4. The van der Waals surface area contributed by atoms with E-state index in [1.807, 2.05) is 13.2 Å². The molecule has 0 aliphatic carbocycles. The van der Waals surface area contributed by atoms with Gasteiger partial charge in [0.1, 0.15) is 11.8 Å². The first-order valence-corrected chi connectivity index (χ1v) is 12.3. The van der Waals surface area contributed by atoms with Crippen LogP contribution in [-0.2, 0) is 14.8 Å². The number of amides is 1. The molecule has 0 aliphatic rings. The van der Waals surface area contributed by atoms with Gasteiger partial charge < -0.3 is 10.1 Å². The molecular formula is C19H23BrN2O4S2. The van der Waals surface area contributed by atoms with Crippen LogP contribution >= 0.6 is 27.7 Å². The fraction of sp³-hybridized carbons (Fsp3) is 0.316. The van der Waals surface area contributed by atoms with Crippen molar-refractivity contribution in [1.29, 1.82) is 0 Å². The van der Waals surface area contributed by atoms with E-state index in [4.69, 9.17) is 4.74 Å². The van der Waals surface area contributed by atoms with E-state index in [-0.39, 0.29) is 4.90 Å². The van der Waals surface area contributed by atoms with Crippen molar-refractivity contribution >= 4 is 49.3 Å². The van der Waals surface area contributed by atoms with Crippen LogP contribution in [0.5, 0.6) is 5.75 Å². The molecule has 9 heteroatoms. The minimum atomic E-state index is -3.82. The second kappa shape index (κ2) is 10.8. The van der Waals surface area contributed by atoms with Gasteiger partial charge in [-0.3, -0.25) is 4.79 Å². The third-order valence-corrected chi connectivity index (χ3v) is 6.44. The van der Waals surface area contributed by atoms with Crippen LogP contribution in [0, 0.1) is 0 Å². The summed E-state index contributed by atoms with van der Waals surface area (Å²) < 4.78 is 34.0. The third-order valence-electron chi connectivity index (χ3n) is 3.78. The van der Waals surface area contributed by atoms with E-state index in [0.29, 0.717) is 30.2 Å². The fourth-order valence-corrected chi connectivity index (χ4v) is 4.34. The maximum Gasteiger partial charge on any atom is 0.242 e. The number of carbonyl (C=O) groups excluding carboxylic acids is 1. The molecule has 0 aromatic heterocycles. The zero-order valence-electron chi connectivity index (χ0n) is 15.6. The summed E-state index contributed by atoms with van der Waals surface area (Å²) in [5.41, 5.74) is 0.574. The number of thioether (sulfide) groups is 1. The van der Waals surface area contributed by atoms with Crippen molar-refractivity contribution in [2.45, 2.75) is 24.3 Å².